The molecule has 2 aliphatic heterocycles. The summed E-state index contributed by atoms with van der Waals surface area (Å²) in [4.78, 5) is 16.4. The molecule has 0 radical (unpaired) electrons. The van der Waals surface area contributed by atoms with Gasteiger partial charge in [0.2, 0.25) is 5.91 Å². The van der Waals surface area contributed by atoms with Gasteiger partial charge in [-0.2, -0.15) is 23.3 Å². The van der Waals surface area contributed by atoms with Gasteiger partial charge in [-0.3, -0.25) is 9.79 Å². The van der Waals surface area contributed by atoms with E-state index >= 15 is 0 Å². The minimum Gasteiger partial charge on any atom is -0.273 e. The number of fused-ring (bicyclic) bond motifs is 2. The molecule has 1 aromatic rings. The Balaban J connectivity index is 1.99. The second-order valence-electron chi connectivity index (χ2n) is 6.30. The van der Waals surface area contributed by atoms with E-state index in [1.165, 1.54) is 6.92 Å². The Hall–Kier alpha value is -2.48. The van der Waals surface area contributed by atoms with Crippen molar-refractivity contribution in [1.82, 2.24) is 5.01 Å². The van der Waals surface area contributed by atoms with Crippen LogP contribution in [0.25, 0.3) is 5.57 Å². The van der Waals surface area contributed by atoms with Crippen LogP contribution in [0.5, 0.6) is 0 Å². The lowest BCUT2D eigenvalue weighted by atomic mass is 9.79. The number of allylic oxidation sites excluding steroid dienone is 2. The van der Waals surface area contributed by atoms with E-state index in [4.69, 9.17) is 0 Å². The van der Waals surface area contributed by atoms with Crippen molar-refractivity contribution in [2.75, 3.05) is 0 Å². The minimum atomic E-state index is -4.69. The van der Waals surface area contributed by atoms with Crippen LogP contribution in [0.4, 0.5) is 13.2 Å². The highest BCUT2D eigenvalue weighted by atomic mass is 79.9. The first kappa shape index (κ1) is 17.9. The number of carbonyl (C=O) groups excluding carboxylic acids is 1. The molecule has 2 heterocycles. The first-order chi connectivity index (χ1) is 12.8. The number of amidine groups is 1. The Morgan fingerprint density at radius 2 is 1.93 bits per heavy atom. The number of dihydropyridines is 1. The second-order valence-corrected chi connectivity index (χ2v) is 7.22. The summed E-state index contributed by atoms with van der Waals surface area (Å²) in [7, 11) is 0. The SMILES string of the molecule is CC(=O)N1N=C(C(F)(F)F)[C@@H]2C1=N[C@H]1C=CC(Br)=CC1=C2c1ccccc1. The minimum absolute atomic E-state index is 0.0125. The van der Waals surface area contributed by atoms with Crippen LogP contribution in [0.2, 0.25) is 0 Å². The van der Waals surface area contributed by atoms with Gasteiger partial charge in [-0.1, -0.05) is 52.3 Å². The zero-order valence-corrected chi connectivity index (χ0v) is 15.6. The molecule has 4 nitrogen and oxygen atoms in total. The molecule has 138 valence electrons. The fraction of sp³-hybridized carbons (Fsp3) is 0.211. The topological polar surface area (TPSA) is 45.0 Å². The molecule has 1 aromatic carbocycles. The summed E-state index contributed by atoms with van der Waals surface area (Å²) >= 11 is 3.39. The molecule has 2 atom stereocenters. The lowest BCUT2D eigenvalue weighted by Crippen LogP contribution is -2.39. The Labute approximate surface area is 161 Å². The average Bonchev–Trinajstić information content (AvgIpc) is 3.00. The molecule has 0 bridgehead atoms. The third-order valence-corrected chi connectivity index (χ3v) is 5.04. The molecule has 8 heteroatoms. The largest absolute Gasteiger partial charge is 0.432 e. The summed E-state index contributed by atoms with van der Waals surface area (Å²) < 4.78 is 42.1. The van der Waals surface area contributed by atoms with Crippen molar-refractivity contribution < 1.29 is 18.0 Å². The number of benzene rings is 1. The van der Waals surface area contributed by atoms with E-state index in [0.717, 1.165) is 9.49 Å². The van der Waals surface area contributed by atoms with Crippen LogP contribution in [0, 0.1) is 5.92 Å². The molecule has 1 aliphatic carbocycles. The summed E-state index contributed by atoms with van der Waals surface area (Å²) in [6.45, 7) is 1.18. The highest BCUT2D eigenvalue weighted by Crippen LogP contribution is 2.44. The highest BCUT2D eigenvalue weighted by Gasteiger charge is 2.53. The van der Waals surface area contributed by atoms with Crippen LogP contribution >= 0.6 is 15.9 Å². The quantitative estimate of drug-likeness (QED) is 0.641. The van der Waals surface area contributed by atoms with Crippen LogP contribution in [-0.2, 0) is 4.79 Å². The van der Waals surface area contributed by atoms with Gasteiger partial charge in [0.05, 0.1) is 12.0 Å². The molecule has 4 rings (SSSR count). The van der Waals surface area contributed by atoms with Crippen molar-refractivity contribution in [3.63, 3.8) is 0 Å². The molecule has 0 fully saturated rings. The van der Waals surface area contributed by atoms with Gasteiger partial charge in [0.15, 0.2) is 5.71 Å². The van der Waals surface area contributed by atoms with E-state index in [2.05, 4.69) is 26.0 Å². The Kier molecular flexibility index (Phi) is 4.18. The molecule has 0 spiro atoms. The molecule has 0 saturated heterocycles. The first-order valence-corrected chi connectivity index (χ1v) is 8.95. The number of aliphatic imine (C=N–C) groups is 1. The fourth-order valence-corrected chi connectivity index (χ4v) is 3.89. The lowest BCUT2D eigenvalue weighted by Gasteiger charge is -2.31. The van der Waals surface area contributed by atoms with Gasteiger partial charge < -0.3 is 0 Å². The Morgan fingerprint density at radius 1 is 1.22 bits per heavy atom. The van der Waals surface area contributed by atoms with Crippen LogP contribution < -0.4 is 0 Å². The summed E-state index contributed by atoms with van der Waals surface area (Å²) in [5, 5.41) is 4.38. The van der Waals surface area contributed by atoms with Gasteiger partial charge in [-0.15, -0.1) is 0 Å². The van der Waals surface area contributed by atoms with Gasteiger partial charge >= 0.3 is 6.18 Å². The first-order valence-electron chi connectivity index (χ1n) is 8.16. The predicted octanol–water partition coefficient (Wildman–Crippen LogP) is 4.47. The van der Waals surface area contributed by atoms with Crippen LogP contribution in [0.3, 0.4) is 0 Å². The number of nitrogens with zero attached hydrogens (tertiary/aromatic N) is 3. The fourth-order valence-electron chi connectivity index (χ4n) is 3.49. The van der Waals surface area contributed by atoms with Crippen molar-refractivity contribution in [2.45, 2.75) is 19.1 Å². The number of carbonyl (C=O) groups is 1. The number of amides is 1. The number of hydrazone groups is 1. The predicted molar refractivity (Wildman–Crippen MR) is 100 cm³/mol. The summed E-state index contributed by atoms with van der Waals surface area (Å²) in [6, 6.07) is 8.37. The van der Waals surface area contributed by atoms with E-state index in [9.17, 15) is 18.0 Å². The maximum Gasteiger partial charge on any atom is 0.432 e. The summed E-state index contributed by atoms with van der Waals surface area (Å²) in [5.74, 6) is -1.84. The second kappa shape index (κ2) is 6.30. The normalized spacial score (nSPS) is 24.2. The number of hydrogen-bond acceptors (Lipinski definition) is 3. The number of alkyl halides is 3. The standard InChI is InChI=1S/C19H13BrF3N3O/c1-10(27)26-18-16(17(25-26)19(21,22)23)15(11-5-3-2-4-6-11)13-9-12(20)7-8-14(13)24-18/h2-9,14,16H,1H3/t14-,16+/m0/s1. The number of rotatable bonds is 1. The maximum absolute atomic E-state index is 13.8. The highest BCUT2D eigenvalue weighted by molar-refractivity contribution is 9.11. The van der Waals surface area contributed by atoms with Crippen molar-refractivity contribution in [3.05, 3.63) is 64.2 Å². The monoisotopic (exact) mass is 435 g/mol. The van der Waals surface area contributed by atoms with Crippen LogP contribution in [0.15, 0.2) is 68.7 Å². The number of halogens is 4. The van der Waals surface area contributed by atoms with Crippen molar-refractivity contribution in [2.24, 2.45) is 16.0 Å². The van der Waals surface area contributed by atoms with E-state index in [1.807, 2.05) is 0 Å². The zero-order chi connectivity index (χ0) is 19.3. The van der Waals surface area contributed by atoms with Gasteiger partial charge in [0.25, 0.3) is 0 Å². The maximum atomic E-state index is 13.8. The number of hydrogen-bond donors (Lipinski definition) is 0. The van der Waals surface area contributed by atoms with E-state index in [-0.39, 0.29) is 5.84 Å². The smallest absolute Gasteiger partial charge is 0.273 e. The zero-order valence-electron chi connectivity index (χ0n) is 14.0. The van der Waals surface area contributed by atoms with Crippen molar-refractivity contribution in [3.8, 4) is 0 Å². The Morgan fingerprint density at radius 3 is 2.56 bits per heavy atom. The molecule has 0 N–H and O–H groups in total. The average molecular weight is 436 g/mol. The van der Waals surface area contributed by atoms with Gasteiger partial charge in [-0.05, 0) is 28.9 Å². The van der Waals surface area contributed by atoms with Gasteiger partial charge in [-0.25, -0.2) is 0 Å². The molecule has 27 heavy (non-hydrogen) atoms. The van der Waals surface area contributed by atoms with Crippen LogP contribution in [-0.4, -0.2) is 34.7 Å². The van der Waals surface area contributed by atoms with Gasteiger partial charge in [0.1, 0.15) is 5.84 Å². The van der Waals surface area contributed by atoms with E-state index < -0.39 is 29.8 Å². The van der Waals surface area contributed by atoms with Crippen molar-refractivity contribution in [1.29, 1.82) is 0 Å². The third-order valence-electron chi connectivity index (χ3n) is 4.55. The molecular formula is C19H13BrF3N3O. The molecule has 1 amide bonds. The molecule has 0 aromatic heterocycles. The third kappa shape index (κ3) is 2.97. The van der Waals surface area contributed by atoms with E-state index in [0.29, 0.717) is 16.7 Å². The lowest BCUT2D eigenvalue weighted by molar-refractivity contribution is -0.125. The Bertz CT molecular complexity index is 974. The summed E-state index contributed by atoms with van der Waals surface area (Å²) in [6.07, 6.45) is 0.668. The van der Waals surface area contributed by atoms with Crippen LogP contribution in [0.1, 0.15) is 12.5 Å². The summed E-state index contributed by atoms with van der Waals surface area (Å²) in [5.41, 5.74) is 0.739. The molecule has 0 saturated carbocycles. The van der Waals surface area contributed by atoms with Crippen molar-refractivity contribution >= 4 is 39.0 Å². The molecule has 3 aliphatic rings. The van der Waals surface area contributed by atoms with E-state index in [1.54, 1.807) is 48.6 Å². The molecule has 0 unspecified atom stereocenters. The van der Waals surface area contributed by atoms with Gasteiger partial charge in [0, 0.05) is 11.4 Å². The molecular weight excluding hydrogens is 423 g/mol.